The van der Waals surface area contributed by atoms with Crippen molar-refractivity contribution in [1.82, 2.24) is 19.9 Å². The number of likely N-dealkylation sites (tertiary alicyclic amines) is 1. The third-order valence-corrected chi connectivity index (χ3v) is 5.08. The molecule has 1 fully saturated rings. The van der Waals surface area contributed by atoms with Gasteiger partial charge in [-0.15, -0.1) is 0 Å². The zero-order valence-corrected chi connectivity index (χ0v) is 15.7. The molecule has 2 aromatic heterocycles. The molecule has 1 saturated heterocycles. The van der Waals surface area contributed by atoms with E-state index in [0.29, 0.717) is 40.1 Å². The van der Waals surface area contributed by atoms with E-state index in [1.165, 1.54) is 0 Å². The molecule has 0 spiro atoms. The SMILES string of the molecule is CN1CCC(Nc2nc(N)c3ccc(-c4cccc(C(N)=O)c4)nc3n2)CC1. The van der Waals surface area contributed by atoms with Gasteiger partial charge in [0.15, 0.2) is 5.65 Å². The molecular formula is C20H23N7O. The molecule has 144 valence electrons. The number of nitrogens with two attached hydrogens (primary N) is 2. The van der Waals surface area contributed by atoms with E-state index >= 15 is 0 Å². The largest absolute Gasteiger partial charge is 0.383 e. The normalized spacial score (nSPS) is 15.6. The fraction of sp³-hybridized carbons (Fsp3) is 0.300. The molecule has 1 aromatic carbocycles. The number of aromatic nitrogens is 3. The molecule has 0 radical (unpaired) electrons. The van der Waals surface area contributed by atoms with Crippen molar-refractivity contribution < 1.29 is 4.79 Å². The Bertz CT molecular complexity index is 1030. The van der Waals surface area contributed by atoms with Gasteiger partial charge in [-0.3, -0.25) is 4.79 Å². The van der Waals surface area contributed by atoms with Crippen molar-refractivity contribution in [3.05, 3.63) is 42.0 Å². The maximum Gasteiger partial charge on any atom is 0.248 e. The van der Waals surface area contributed by atoms with Gasteiger partial charge in [0, 0.05) is 17.2 Å². The number of rotatable bonds is 4. The Kier molecular flexibility index (Phi) is 4.79. The summed E-state index contributed by atoms with van der Waals surface area (Å²) in [5.74, 6) is 0.416. The highest BCUT2D eigenvalue weighted by Crippen LogP contribution is 2.25. The van der Waals surface area contributed by atoms with E-state index < -0.39 is 5.91 Å². The molecule has 3 heterocycles. The van der Waals surface area contributed by atoms with Gasteiger partial charge in [0.1, 0.15) is 5.82 Å². The first-order chi connectivity index (χ1) is 13.5. The van der Waals surface area contributed by atoms with Crippen LogP contribution in [-0.4, -0.2) is 51.9 Å². The van der Waals surface area contributed by atoms with Gasteiger partial charge in [0.2, 0.25) is 11.9 Å². The fourth-order valence-electron chi connectivity index (χ4n) is 3.43. The third-order valence-electron chi connectivity index (χ3n) is 5.08. The summed E-state index contributed by atoms with van der Waals surface area (Å²) in [5.41, 5.74) is 14.0. The first-order valence-corrected chi connectivity index (χ1v) is 9.29. The lowest BCUT2D eigenvalue weighted by atomic mass is 10.1. The van der Waals surface area contributed by atoms with Crippen molar-refractivity contribution in [2.24, 2.45) is 5.73 Å². The number of carbonyl (C=O) groups is 1. The Morgan fingerprint density at radius 1 is 1.14 bits per heavy atom. The van der Waals surface area contributed by atoms with Crippen LogP contribution in [0.3, 0.4) is 0 Å². The Morgan fingerprint density at radius 3 is 2.68 bits per heavy atom. The zero-order chi connectivity index (χ0) is 19.7. The number of nitrogen functional groups attached to an aromatic ring is 1. The number of hydrogen-bond acceptors (Lipinski definition) is 7. The number of amides is 1. The van der Waals surface area contributed by atoms with Crippen molar-refractivity contribution in [2.45, 2.75) is 18.9 Å². The first-order valence-electron chi connectivity index (χ1n) is 9.29. The monoisotopic (exact) mass is 377 g/mol. The molecule has 4 rings (SSSR count). The lowest BCUT2D eigenvalue weighted by Crippen LogP contribution is -2.37. The number of hydrogen-bond donors (Lipinski definition) is 3. The number of pyridine rings is 1. The van der Waals surface area contributed by atoms with Crippen LogP contribution in [0.15, 0.2) is 36.4 Å². The second-order valence-electron chi connectivity index (χ2n) is 7.17. The van der Waals surface area contributed by atoms with Gasteiger partial charge in [0.25, 0.3) is 0 Å². The minimum absolute atomic E-state index is 0.323. The van der Waals surface area contributed by atoms with Crippen molar-refractivity contribution in [3.63, 3.8) is 0 Å². The van der Waals surface area contributed by atoms with E-state index in [4.69, 9.17) is 11.5 Å². The summed E-state index contributed by atoms with van der Waals surface area (Å²) in [5, 5.41) is 4.09. The van der Waals surface area contributed by atoms with Gasteiger partial charge < -0.3 is 21.7 Å². The van der Waals surface area contributed by atoms with Crippen LogP contribution in [0.4, 0.5) is 11.8 Å². The second-order valence-corrected chi connectivity index (χ2v) is 7.17. The quantitative estimate of drug-likeness (QED) is 0.634. The molecule has 0 bridgehead atoms. The maximum absolute atomic E-state index is 11.4. The van der Waals surface area contributed by atoms with Crippen molar-refractivity contribution >= 4 is 28.7 Å². The molecule has 3 aromatic rings. The van der Waals surface area contributed by atoms with E-state index in [1.54, 1.807) is 18.2 Å². The summed E-state index contributed by atoms with van der Waals surface area (Å²) in [6.45, 7) is 2.08. The van der Waals surface area contributed by atoms with Crippen LogP contribution in [0, 0.1) is 0 Å². The summed E-state index contributed by atoms with van der Waals surface area (Å²) < 4.78 is 0. The van der Waals surface area contributed by atoms with Crippen molar-refractivity contribution in [1.29, 1.82) is 0 Å². The Labute approximate surface area is 163 Å². The smallest absolute Gasteiger partial charge is 0.248 e. The molecule has 28 heavy (non-hydrogen) atoms. The minimum atomic E-state index is -0.473. The van der Waals surface area contributed by atoms with Crippen LogP contribution in [0.5, 0.6) is 0 Å². The average molecular weight is 377 g/mol. The fourth-order valence-corrected chi connectivity index (χ4v) is 3.43. The van der Waals surface area contributed by atoms with Gasteiger partial charge in [0.05, 0.1) is 11.1 Å². The van der Waals surface area contributed by atoms with E-state index in [0.717, 1.165) is 31.5 Å². The Hall–Kier alpha value is -3.26. The molecule has 0 saturated carbocycles. The van der Waals surface area contributed by atoms with Crippen LogP contribution >= 0.6 is 0 Å². The molecule has 1 aliphatic rings. The van der Waals surface area contributed by atoms with E-state index in [1.807, 2.05) is 18.2 Å². The molecule has 8 nitrogen and oxygen atoms in total. The molecule has 5 N–H and O–H groups in total. The highest BCUT2D eigenvalue weighted by Gasteiger charge is 2.18. The number of primary amides is 1. The first kappa shape index (κ1) is 18.1. The number of nitrogens with one attached hydrogen (secondary N) is 1. The highest BCUT2D eigenvalue weighted by molar-refractivity contribution is 5.94. The zero-order valence-electron chi connectivity index (χ0n) is 15.7. The summed E-state index contributed by atoms with van der Waals surface area (Å²) in [6.07, 6.45) is 2.07. The van der Waals surface area contributed by atoms with E-state index in [2.05, 4.69) is 32.2 Å². The summed E-state index contributed by atoms with van der Waals surface area (Å²) >= 11 is 0. The molecule has 0 atom stereocenters. The highest BCUT2D eigenvalue weighted by atomic mass is 16.1. The predicted molar refractivity (Wildman–Crippen MR) is 110 cm³/mol. The number of carbonyl (C=O) groups excluding carboxylic acids is 1. The summed E-state index contributed by atoms with van der Waals surface area (Å²) in [4.78, 5) is 27.4. The summed E-state index contributed by atoms with van der Waals surface area (Å²) in [7, 11) is 2.12. The topological polar surface area (TPSA) is 123 Å². The predicted octanol–water partition coefficient (Wildman–Crippen LogP) is 1.88. The van der Waals surface area contributed by atoms with Crippen LogP contribution in [-0.2, 0) is 0 Å². The van der Waals surface area contributed by atoms with Gasteiger partial charge in [-0.2, -0.15) is 9.97 Å². The van der Waals surface area contributed by atoms with Crippen molar-refractivity contribution in [3.8, 4) is 11.3 Å². The van der Waals surface area contributed by atoms with Gasteiger partial charge in [-0.05, 0) is 57.2 Å². The van der Waals surface area contributed by atoms with Crippen LogP contribution in [0.1, 0.15) is 23.2 Å². The van der Waals surface area contributed by atoms with E-state index in [9.17, 15) is 4.79 Å². The number of benzene rings is 1. The van der Waals surface area contributed by atoms with Gasteiger partial charge in [-0.1, -0.05) is 12.1 Å². The van der Waals surface area contributed by atoms with Crippen LogP contribution in [0.25, 0.3) is 22.3 Å². The third kappa shape index (κ3) is 3.72. The number of piperidine rings is 1. The number of anilines is 2. The number of nitrogens with zero attached hydrogens (tertiary/aromatic N) is 4. The molecule has 8 heteroatoms. The standard InChI is InChI=1S/C20H23N7O/c1-27-9-7-14(8-10-27)23-20-25-17(21)15-5-6-16(24-19(15)26-20)12-3-2-4-13(11-12)18(22)28/h2-6,11,14H,7-10H2,1H3,(H2,22,28)(H3,21,23,24,25,26). The maximum atomic E-state index is 11.4. The molecule has 0 unspecified atom stereocenters. The Balaban J connectivity index is 1.66. The molecule has 0 aliphatic carbocycles. The molecule has 1 aliphatic heterocycles. The van der Waals surface area contributed by atoms with Crippen LogP contribution in [0.2, 0.25) is 0 Å². The van der Waals surface area contributed by atoms with Gasteiger partial charge in [-0.25, -0.2) is 4.98 Å². The molecular weight excluding hydrogens is 354 g/mol. The van der Waals surface area contributed by atoms with Crippen LogP contribution < -0.4 is 16.8 Å². The minimum Gasteiger partial charge on any atom is -0.383 e. The molecule has 1 amide bonds. The lowest BCUT2D eigenvalue weighted by molar-refractivity contribution is 0.100. The summed E-state index contributed by atoms with van der Waals surface area (Å²) in [6, 6.07) is 11.1. The number of fused-ring (bicyclic) bond motifs is 1. The second kappa shape index (κ2) is 7.40. The average Bonchev–Trinajstić information content (AvgIpc) is 2.69. The van der Waals surface area contributed by atoms with E-state index in [-0.39, 0.29) is 0 Å². The lowest BCUT2D eigenvalue weighted by Gasteiger charge is -2.29. The van der Waals surface area contributed by atoms with Gasteiger partial charge >= 0.3 is 0 Å². The van der Waals surface area contributed by atoms with Crippen molar-refractivity contribution in [2.75, 3.05) is 31.2 Å². The Morgan fingerprint density at radius 2 is 1.93 bits per heavy atom.